The van der Waals surface area contributed by atoms with Crippen LogP contribution in [-0.4, -0.2) is 32.5 Å². The van der Waals surface area contributed by atoms with E-state index in [1.54, 1.807) is 24.5 Å². The predicted molar refractivity (Wildman–Crippen MR) is 110 cm³/mol. The van der Waals surface area contributed by atoms with Crippen molar-refractivity contribution >= 4 is 29.1 Å². The molecule has 0 saturated carbocycles. The Balaban J connectivity index is 1.59. The lowest BCUT2D eigenvalue weighted by atomic mass is 9.94. The number of nitrogens with zero attached hydrogens (tertiary/aromatic N) is 3. The maximum Gasteiger partial charge on any atom is 0.227 e. The standard InChI is InChI=1S/C21H20Cl2N4O/c22-17-5-4-14(11-18(17)23)12-20(28)27-10-2-1-3-19(27)21-16(13-25-26-21)15-6-8-24-9-7-15/h4-9,11,13,19H,1-3,10,12H2,(H,25,26)/t19-/m0/s1. The molecular weight excluding hydrogens is 395 g/mol. The van der Waals surface area contributed by atoms with Gasteiger partial charge in [-0.2, -0.15) is 5.10 Å². The fraction of sp³-hybridized carbons (Fsp3) is 0.286. The minimum atomic E-state index is -0.0188. The van der Waals surface area contributed by atoms with Crippen LogP contribution in [0.15, 0.2) is 48.9 Å². The average Bonchev–Trinajstić information content (AvgIpc) is 3.21. The highest BCUT2D eigenvalue weighted by molar-refractivity contribution is 6.42. The molecule has 3 aromatic rings. The number of H-pyrrole nitrogens is 1. The highest BCUT2D eigenvalue weighted by Gasteiger charge is 2.31. The zero-order chi connectivity index (χ0) is 19.5. The van der Waals surface area contributed by atoms with Gasteiger partial charge in [0.25, 0.3) is 0 Å². The van der Waals surface area contributed by atoms with E-state index >= 15 is 0 Å². The van der Waals surface area contributed by atoms with Crippen LogP contribution in [-0.2, 0) is 11.2 Å². The molecule has 1 atom stereocenters. The van der Waals surface area contributed by atoms with E-state index in [1.807, 2.05) is 29.3 Å². The molecule has 1 fully saturated rings. The molecule has 0 bridgehead atoms. The van der Waals surface area contributed by atoms with E-state index in [0.717, 1.165) is 48.2 Å². The quantitative estimate of drug-likeness (QED) is 0.647. The highest BCUT2D eigenvalue weighted by Crippen LogP contribution is 2.36. The first-order valence-corrected chi connectivity index (χ1v) is 10.1. The molecule has 0 radical (unpaired) electrons. The number of nitrogens with one attached hydrogen (secondary N) is 1. The van der Waals surface area contributed by atoms with E-state index in [4.69, 9.17) is 23.2 Å². The Hall–Kier alpha value is -2.37. The molecule has 4 rings (SSSR count). The summed E-state index contributed by atoms with van der Waals surface area (Å²) >= 11 is 12.1. The lowest BCUT2D eigenvalue weighted by Crippen LogP contribution is -2.39. The van der Waals surface area contributed by atoms with E-state index in [2.05, 4.69) is 15.2 Å². The fourth-order valence-corrected chi connectivity index (χ4v) is 4.09. The second-order valence-electron chi connectivity index (χ2n) is 6.96. The highest BCUT2D eigenvalue weighted by atomic mass is 35.5. The Morgan fingerprint density at radius 2 is 1.96 bits per heavy atom. The third kappa shape index (κ3) is 3.91. The maximum absolute atomic E-state index is 13.1. The summed E-state index contributed by atoms with van der Waals surface area (Å²) in [5.41, 5.74) is 3.90. The van der Waals surface area contributed by atoms with Crippen molar-refractivity contribution in [3.63, 3.8) is 0 Å². The van der Waals surface area contributed by atoms with Crippen molar-refractivity contribution < 1.29 is 4.79 Å². The molecule has 7 heteroatoms. The third-order valence-electron chi connectivity index (χ3n) is 5.16. The Kier molecular flexibility index (Phi) is 5.64. The topological polar surface area (TPSA) is 61.9 Å². The summed E-state index contributed by atoms with van der Waals surface area (Å²) in [5.74, 6) is 0.0818. The average molecular weight is 415 g/mol. The number of amides is 1. The van der Waals surface area contributed by atoms with Crippen molar-refractivity contribution in [3.05, 3.63) is 70.2 Å². The fourth-order valence-electron chi connectivity index (χ4n) is 3.77. The van der Waals surface area contributed by atoms with Crippen molar-refractivity contribution in [1.82, 2.24) is 20.1 Å². The molecule has 1 aliphatic rings. The number of hydrogen-bond acceptors (Lipinski definition) is 3. The van der Waals surface area contributed by atoms with Gasteiger partial charge in [0.05, 0.1) is 34.4 Å². The number of carbonyl (C=O) groups excluding carboxylic acids is 1. The largest absolute Gasteiger partial charge is 0.334 e. The van der Waals surface area contributed by atoms with Crippen molar-refractivity contribution in [2.24, 2.45) is 0 Å². The SMILES string of the molecule is O=C(Cc1ccc(Cl)c(Cl)c1)N1CCCC[C@H]1c1[nH]ncc1-c1ccncc1. The Morgan fingerprint density at radius 1 is 1.14 bits per heavy atom. The molecule has 1 N–H and O–H groups in total. The van der Waals surface area contributed by atoms with Crippen molar-refractivity contribution in [1.29, 1.82) is 0 Å². The first-order valence-electron chi connectivity index (χ1n) is 9.30. The minimum absolute atomic E-state index is 0.0188. The van der Waals surface area contributed by atoms with E-state index in [9.17, 15) is 4.79 Å². The Bertz CT molecular complexity index is 974. The zero-order valence-corrected chi connectivity index (χ0v) is 16.7. The molecule has 0 aliphatic carbocycles. The molecular formula is C21H20Cl2N4O. The molecule has 144 valence electrons. The van der Waals surface area contributed by atoms with Gasteiger partial charge in [-0.15, -0.1) is 0 Å². The van der Waals surface area contributed by atoms with Gasteiger partial charge < -0.3 is 4.90 Å². The smallest absolute Gasteiger partial charge is 0.227 e. The van der Waals surface area contributed by atoms with Crippen LogP contribution in [0.1, 0.15) is 36.6 Å². The van der Waals surface area contributed by atoms with Crippen LogP contribution >= 0.6 is 23.2 Å². The van der Waals surface area contributed by atoms with Gasteiger partial charge in [0.2, 0.25) is 5.91 Å². The monoisotopic (exact) mass is 414 g/mol. The molecule has 1 saturated heterocycles. The molecule has 0 unspecified atom stereocenters. The van der Waals surface area contributed by atoms with Gasteiger partial charge in [-0.05, 0) is 54.7 Å². The molecule has 1 aromatic carbocycles. The summed E-state index contributed by atoms with van der Waals surface area (Å²) in [6.07, 6.45) is 8.64. The second-order valence-corrected chi connectivity index (χ2v) is 7.77. The van der Waals surface area contributed by atoms with Crippen molar-refractivity contribution in [3.8, 4) is 11.1 Å². The van der Waals surface area contributed by atoms with E-state index in [0.29, 0.717) is 16.5 Å². The molecule has 1 aliphatic heterocycles. The normalized spacial score (nSPS) is 16.9. The van der Waals surface area contributed by atoms with Gasteiger partial charge in [-0.1, -0.05) is 29.3 Å². The first-order chi connectivity index (χ1) is 13.6. The molecule has 5 nitrogen and oxygen atoms in total. The molecule has 28 heavy (non-hydrogen) atoms. The minimum Gasteiger partial charge on any atom is -0.334 e. The number of likely N-dealkylation sites (tertiary alicyclic amines) is 1. The maximum atomic E-state index is 13.1. The van der Waals surface area contributed by atoms with Gasteiger partial charge in [-0.25, -0.2) is 0 Å². The van der Waals surface area contributed by atoms with Gasteiger partial charge in [0, 0.05) is 24.5 Å². The van der Waals surface area contributed by atoms with E-state index < -0.39 is 0 Å². The summed E-state index contributed by atoms with van der Waals surface area (Å²) < 4.78 is 0. The van der Waals surface area contributed by atoms with Crippen LogP contribution in [0, 0.1) is 0 Å². The van der Waals surface area contributed by atoms with Gasteiger partial charge >= 0.3 is 0 Å². The Morgan fingerprint density at radius 3 is 2.75 bits per heavy atom. The number of benzene rings is 1. The van der Waals surface area contributed by atoms with E-state index in [-0.39, 0.29) is 11.9 Å². The van der Waals surface area contributed by atoms with Crippen LogP contribution in [0.2, 0.25) is 10.0 Å². The summed E-state index contributed by atoms with van der Waals surface area (Å²) in [7, 11) is 0. The molecule has 2 aromatic heterocycles. The van der Waals surface area contributed by atoms with Gasteiger partial charge in [0.1, 0.15) is 0 Å². The van der Waals surface area contributed by atoms with E-state index in [1.165, 1.54) is 0 Å². The van der Waals surface area contributed by atoms with Crippen LogP contribution < -0.4 is 0 Å². The lowest BCUT2D eigenvalue weighted by molar-refractivity contribution is -0.134. The number of hydrogen-bond donors (Lipinski definition) is 1. The van der Waals surface area contributed by atoms with Gasteiger partial charge in [-0.3, -0.25) is 14.9 Å². The summed E-state index contributed by atoms with van der Waals surface area (Å²) in [6, 6.07) is 9.24. The third-order valence-corrected chi connectivity index (χ3v) is 5.89. The molecule has 1 amide bonds. The summed E-state index contributed by atoms with van der Waals surface area (Å²) in [4.78, 5) is 19.2. The lowest BCUT2D eigenvalue weighted by Gasteiger charge is -2.36. The molecule has 0 spiro atoms. The number of carbonyl (C=O) groups is 1. The first kappa shape index (κ1) is 19.0. The van der Waals surface area contributed by atoms with Crippen LogP contribution in [0.25, 0.3) is 11.1 Å². The predicted octanol–water partition coefficient (Wildman–Crippen LogP) is 5.07. The Labute approximate surface area is 173 Å². The number of rotatable bonds is 4. The number of halogens is 2. The number of pyridine rings is 1. The van der Waals surface area contributed by atoms with Crippen LogP contribution in [0.4, 0.5) is 0 Å². The van der Waals surface area contributed by atoms with Gasteiger partial charge in [0.15, 0.2) is 0 Å². The number of aromatic nitrogens is 3. The van der Waals surface area contributed by atoms with Crippen molar-refractivity contribution in [2.45, 2.75) is 31.7 Å². The van der Waals surface area contributed by atoms with Crippen LogP contribution in [0.3, 0.4) is 0 Å². The summed E-state index contributed by atoms with van der Waals surface area (Å²) in [6.45, 7) is 0.736. The van der Waals surface area contributed by atoms with Crippen LogP contribution in [0.5, 0.6) is 0 Å². The zero-order valence-electron chi connectivity index (χ0n) is 15.2. The molecule has 3 heterocycles. The second kappa shape index (κ2) is 8.33. The number of aromatic amines is 1. The van der Waals surface area contributed by atoms with Crippen molar-refractivity contribution in [2.75, 3.05) is 6.54 Å². The summed E-state index contributed by atoms with van der Waals surface area (Å²) in [5, 5.41) is 8.36. The number of piperidine rings is 1.